The van der Waals surface area contributed by atoms with Gasteiger partial charge in [-0.25, -0.2) is 4.98 Å². The summed E-state index contributed by atoms with van der Waals surface area (Å²) in [5.74, 6) is 1.08. The van der Waals surface area contributed by atoms with Crippen LogP contribution >= 0.6 is 0 Å². The number of fused-ring (bicyclic) bond motifs is 1. The van der Waals surface area contributed by atoms with Crippen molar-refractivity contribution in [3.63, 3.8) is 0 Å². The molecule has 3 heterocycles. The van der Waals surface area contributed by atoms with E-state index in [-0.39, 0.29) is 6.61 Å². The van der Waals surface area contributed by atoms with E-state index >= 15 is 0 Å². The van der Waals surface area contributed by atoms with Gasteiger partial charge in [-0.05, 0) is 18.1 Å². The summed E-state index contributed by atoms with van der Waals surface area (Å²) in [4.78, 5) is 6.98. The van der Waals surface area contributed by atoms with E-state index in [0.717, 1.165) is 50.7 Å². The highest BCUT2D eigenvalue weighted by atomic mass is 16.3. The topological polar surface area (TPSA) is 59.1 Å². The zero-order chi connectivity index (χ0) is 17.1. The van der Waals surface area contributed by atoms with E-state index in [4.69, 9.17) is 0 Å². The summed E-state index contributed by atoms with van der Waals surface area (Å²) in [7, 11) is 0. The van der Waals surface area contributed by atoms with Crippen molar-refractivity contribution in [2.45, 2.75) is 39.2 Å². The van der Waals surface area contributed by atoms with Gasteiger partial charge >= 0.3 is 0 Å². The number of hydrogen-bond acceptors (Lipinski definition) is 4. The Hall–Kier alpha value is -2.44. The predicted molar refractivity (Wildman–Crippen MR) is 94.7 cm³/mol. The highest BCUT2D eigenvalue weighted by Gasteiger charge is 2.18. The predicted octanol–water partition coefficient (Wildman–Crippen LogP) is 2.03. The van der Waals surface area contributed by atoms with Crippen LogP contribution < -0.4 is 0 Å². The molecule has 0 fully saturated rings. The zero-order valence-corrected chi connectivity index (χ0v) is 14.3. The van der Waals surface area contributed by atoms with Gasteiger partial charge in [0.15, 0.2) is 0 Å². The highest BCUT2D eigenvalue weighted by Crippen LogP contribution is 2.16. The summed E-state index contributed by atoms with van der Waals surface area (Å²) >= 11 is 0. The van der Waals surface area contributed by atoms with Gasteiger partial charge in [0.25, 0.3) is 0 Å². The monoisotopic (exact) mass is 337 g/mol. The smallest absolute Gasteiger partial charge is 0.123 e. The largest absolute Gasteiger partial charge is 0.390 e. The Kier molecular flexibility index (Phi) is 4.63. The number of aliphatic hydroxyl groups excluding tert-OH is 1. The Morgan fingerprint density at radius 2 is 1.96 bits per heavy atom. The molecule has 0 bridgehead atoms. The molecule has 6 nitrogen and oxygen atoms in total. The molecule has 0 spiro atoms. The Balaban J connectivity index is 1.48. The number of aryl methyl sites for hydroxylation is 1. The molecular weight excluding hydrogens is 314 g/mol. The molecular formula is C19H23N5O. The van der Waals surface area contributed by atoms with E-state index in [9.17, 15) is 5.11 Å². The summed E-state index contributed by atoms with van der Waals surface area (Å²) in [5.41, 5.74) is 3.20. The quantitative estimate of drug-likeness (QED) is 0.774. The number of benzene rings is 1. The molecule has 4 rings (SSSR count). The fraction of sp³-hybridized carbons (Fsp3) is 0.368. The van der Waals surface area contributed by atoms with Crippen LogP contribution in [-0.4, -0.2) is 35.9 Å². The number of rotatable bonds is 5. The van der Waals surface area contributed by atoms with Gasteiger partial charge in [-0.15, -0.1) is 0 Å². The number of aliphatic hydroxyl groups is 1. The van der Waals surface area contributed by atoms with Crippen LogP contribution in [0.2, 0.25) is 0 Å². The normalized spacial score (nSPS) is 15.1. The summed E-state index contributed by atoms with van der Waals surface area (Å²) in [5, 5.41) is 13.8. The van der Waals surface area contributed by atoms with Crippen LogP contribution in [0.4, 0.5) is 0 Å². The lowest BCUT2D eigenvalue weighted by atomic mass is 10.2. The average Bonchev–Trinajstić information content (AvgIpc) is 3.18. The van der Waals surface area contributed by atoms with Gasteiger partial charge in [0.1, 0.15) is 5.82 Å². The molecule has 0 atom stereocenters. The van der Waals surface area contributed by atoms with Crippen molar-refractivity contribution >= 4 is 0 Å². The van der Waals surface area contributed by atoms with Gasteiger partial charge in [0.05, 0.1) is 24.5 Å². The maximum absolute atomic E-state index is 9.30. The maximum Gasteiger partial charge on any atom is 0.123 e. The summed E-state index contributed by atoms with van der Waals surface area (Å²) in [6, 6.07) is 12.5. The summed E-state index contributed by atoms with van der Waals surface area (Å²) in [6.45, 7) is 4.43. The molecule has 1 aliphatic heterocycles. The van der Waals surface area contributed by atoms with Crippen LogP contribution in [0.25, 0.3) is 0 Å². The fourth-order valence-corrected chi connectivity index (χ4v) is 3.42. The molecule has 6 heteroatoms. The number of hydrogen-bond donors (Lipinski definition) is 1. The van der Waals surface area contributed by atoms with E-state index in [1.165, 1.54) is 11.3 Å². The van der Waals surface area contributed by atoms with Gasteiger partial charge in [-0.3, -0.25) is 9.58 Å². The van der Waals surface area contributed by atoms with Crippen molar-refractivity contribution in [3.05, 3.63) is 71.6 Å². The minimum Gasteiger partial charge on any atom is -0.390 e. The first-order chi connectivity index (χ1) is 12.3. The van der Waals surface area contributed by atoms with Gasteiger partial charge in [-0.1, -0.05) is 30.3 Å². The lowest BCUT2D eigenvalue weighted by Crippen LogP contribution is -2.25. The minimum atomic E-state index is 0.00147. The molecule has 25 heavy (non-hydrogen) atoms. The van der Waals surface area contributed by atoms with Crippen molar-refractivity contribution in [1.29, 1.82) is 0 Å². The van der Waals surface area contributed by atoms with Crippen molar-refractivity contribution in [1.82, 2.24) is 24.2 Å². The maximum atomic E-state index is 9.30. The first kappa shape index (κ1) is 16.1. The lowest BCUT2D eigenvalue weighted by Gasteiger charge is -2.20. The number of aromatic nitrogens is 4. The van der Waals surface area contributed by atoms with Crippen molar-refractivity contribution in [3.8, 4) is 0 Å². The molecule has 0 saturated carbocycles. The molecule has 1 aromatic carbocycles. The van der Waals surface area contributed by atoms with Crippen LogP contribution in [-0.2, 0) is 32.8 Å². The molecule has 0 amide bonds. The van der Waals surface area contributed by atoms with E-state index in [1.807, 2.05) is 29.2 Å². The molecule has 0 saturated heterocycles. The van der Waals surface area contributed by atoms with Crippen molar-refractivity contribution in [2.24, 2.45) is 0 Å². The van der Waals surface area contributed by atoms with Crippen molar-refractivity contribution in [2.75, 3.05) is 6.54 Å². The molecule has 0 unspecified atom stereocenters. The average molecular weight is 337 g/mol. The molecule has 1 N–H and O–H groups in total. The third kappa shape index (κ3) is 3.65. The van der Waals surface area contributed by atoms with Crippen LogP contribution in [0.3, 0.4) is 0 Å². The Morgan fingerprint density at radius 1 is 1.08 bits per heavy atom. The first-order valence-corrected chi connectivity index (χ1v) is 8.74. The van der Waals surface area contributed by atoms with Gasteiger partial charge in [0.2, 0.25) is 0 Å². The Labute approximate surface area is 147 Å². The SMILES string of the molecule is OCc1cc2n(n1)CCCN(Cc1nccn1Cc1ccccc1)C2. The van der Waals surface area contributed by atoms with Crippen LogP contribution in [0.1, 0.15) is 29.2 Å². The summed E-state index contributed by atoms with van der Waals surface area (Å²) in [6.07, 6.45) is 4.98. The number of imidazole rings is 1. The molecule has 130 valence electrons. The van der Waals surface area contributed by atoms with Crippen LogP contribution in [0, 0.1) is 0 Å². The van der Waals surface area contributed by atoms with E-state index in [2.05, 4.69) is 43.8 Å². The second-order valence-electron chi connectivity index (χ2n) is 6.53. The lowest BCUT2D eigenvalue weighted by molar-refractivity contribution is 0.250. The van der Waals surface area contributed by atoms with Crippen LogP contribution in [0.15, 0.2) is 48.8 Å². The van der Waals surface area contributed by atoms with E-state index in [1.54, 1.807) is 0 Å². The standard InChI is InChI=1S/C19H23N5O/c25-15-17-11-18-13-22(8-4-9-24(18)21-17)14-19-20-7-10-23(19)12-16-5-2-1-3-6-16/h1-3,5-7,10-11,25H,4,8-9,12-15H2. The van der Waals surface area contributed by atoms with E-state index in [0.29, 0.717) is 0 Å². The first-order valence-electron chi connectivity index (χ1n) is 8.74. The number of nitrogens with zero attached hydrogens (tertiary/aromatic N) is 5. The third-order valence-electron chi connectivity index (χ3n) is 4.67. The van der Waals surface area contributed by atoms with Gasteiger partial charge in [-0.2, -0.15) is 5.10 Å². The highest BCUT2D eigenvalue weighted by molar-refractivity contribution is 5.16. The van der Waals surface area contributed by atoms with Gasteiger partial charge < -0.3 is 9.67 Å². The molecule has 1 aliphatic rings. The minimum absolute atomic E-state index is 0.00147. The molecule has 3 aromatic rings. The zero-order valence-electron chi connectivity index (χ0n) is 14.3. The molecule has 2 aromatic heterocycles. The second-order valence-corrected chi connectivity index (χ2v) is 6.53. The van der Waals surface area contributed by atoms with Crippen molar-refractivity contribution < 1.29 is 5.11 Å². The van der Waals surface area contributed by atoms with Crippen LogP contribution in [0.5, 0.6) is 0 Å². The molecule has 0 radical (unpaired) electrons. The fourth-order valence-electron chi connectivity index (χ4n) is 3.42. The summed E-state index contributed by atoms with van der Waals surface area (Å²) < 4.78 is 4.25. The Bertz CT molecular complexity index is 823. The van der Waals surface area contributed by atoms with E-state index < -0.39 is 0 Å². The van der Waals surface area contributed by atoms with Gasteiger partial charge in [0, 0.05) is 38.6 Å². The molecule has 0 aliphatic carbocycles. The Morgan fingerprint density at radius 3 is 2.80 bits per heavy atom. The third-order valence-corrected chi connectivity index (χ3v) is 4.67. The second kappa shape index (κ2) is 7.21.